The molecule has 6 heteroatoms. The molecule has 0 atom stereocenters. The van der Waals surface area contributed by atoms with E-state index in [9.17, 15) is 9.36 Å². The first kappa shape index (κ1) is 15.8. The summed E-state index contributed by atoms with van der Waals surface area (Å²) in [7, 11) is -3.76. The third-order valence-electron chi connectivity index (χ3n) is 1.96. The van der Waals surface area contributed by atoms with Crippen LogP contribution in [-0.2, 0) is 18.4 Å². The van der Waals surface area contributed by atoms with E-state index in [1.54, 1.807) is 0 Å². The second-order valence-corrected chi connectivity index (χ2v) is 5.43. The molecule has 0 radical (unpaired) electrons. The van der Waals surface area contributed by atoms with Crippen molar-refractivity contribution in [2.45, 2.75) is 39.5 Å². The number of aliphatic hydroxyl groups excluding tert-OH is 1. The summed E-state index contributed by atoms with van der Waals surface area (Å²) in [4.78, 5) is 11.3. The second kappa shape index (κ2) is 8.88. The molecule has 0 amide bonds. The van der Waals surface area contributed by atoms with Crippen LogP contribution in [0.4, 0.5) is 0 Å². The van der Waals surface area contributed by atoms with Crippen molar-refractivity contribution in [2.75, 3.05) is 19.8 Å². The van der Waals surface area contributed by atoms with E-state index in [0.29, 0.717) is 12.8 Å². The van der Waals surface area contributed by atoms with Gasteiger partial charge in [-0.05, 0) is 12.8 Å². The van der Waals surface area contributed by atoms with Crippen molar-refractivity contribution in [3.63, 3.8) is 0 Å². The molecular formula is C10H21O5P. The van der Waals surface area contributed by atoms with Crippen molar-refractivity contribution in [1.82, 2.24) is 0 Å². The largest absolute Gasteiger partial charge is 0.399 e. The molecule has 0 aliphatic rings. The van der Waals surface area contributed by atoms with E-state index in [1.165, 1.54) is 0 Å². The molecule has 96 valence electrons. The zero-order valence-electron chi connectivity index (χ0n) is 9.98. The van der Waals surface area contributed by atoms with Gasteiger partial charge in [-0.3, -0.25) is 9.36 Å². The summed E-state index contributed by atoms with van der Waals surface area (Å²) in [6.45, 7) is 3.53. The van der Waals surface area contributed by atoms with Gasteiger partial charge in [-0.2, -0.15) is 0 Å². The van der Waals surface area contributed by atoms with Gasteiger partial charge in [-0.25, -0.2) is 0 Å². The van der Waals surface area contributed by atoms with Crippen LogP contribution in [0.25, 0.3) is 0 Å². The Bertz CT molecular complexity index is 227. The van der Waals surface area contributed by atoms with Crippen LogP contribution in [0.2, 0.25) is 0 Å². The minimum Gasteiger partial charge on any atom is -0.388 e. The fourth-order valence-electron chi connectivity index (χ4n) is 0.926. The number of hydrogen-bond acceptors (Lipinski definition) is 5. The number of rotatable bonds is 10. The second-order valence-electron chi connectivity index (χ2n) is 3.42. The normalized spacial score (nSPS) is 11.7. The highest BCUT2D eigenvalue weighted by Crippen LogP contribution is 2.49. The predicted molar refractivity (Wildman–Crippen MR) is 61.4 cm³/mol. The molecule has 0 heterocycles. The average molecular weight is 252 g/mol. The summed E-state index contributed by atoms with van der Waals surface area (Å²) in [5.74, 6) is 0. The lowest BCUT2D eigenvalue weighted by molar-refractivity contribution is -0.116. The Kier molecular flexibility index (Phi) is 8.76. The monoisotopic (exact) mass is 252 g/mol. The van der Waals surface area contributed by atoms with Gasteiger partial charge in [0.05, 0.1) is 13.2 Å². The van der Waals surface area contributed by atoms with E-state index in [1.807, 2.05) is 13.8 Å². The Morgan fingerprint density at radius 3 is 1.88 bits per heavy atom. The summed E-state index contributed by atoms with van der Waals surface area (Å²) in [6, 6.07) is 0. The topological polar surface area (TPSA) is 72.8 Å². The smallest absolute Gasteiger partial charge is 0.388 e. The van der Waals surface area contributed by atoms with E-state index in [0.717, 1.165) is 12.8 Å². The van der Waals surface area contributed by atoms with Crippen molar-refractivity contribution < 1.29 is 23.5 Å². The average Bonchev–Trinajstić information content (AvgIpc) is 2.28. The Morgan fingerprint density at radius 1 is 1.12 bits per heavy atom. The number of carbonyl (C=O) groups is 1. The first-order valence-electron chi connectivity index (χ1n) is 5.64. The van der Waals surface area contributed by atoms with Crippen LogP contribution in [0.5, 0.6) is 0 Å². The van der Waals surface area contributed by atoms with E-state index in [2.05, 4.69) is 0 Å². The van der Waals surface area contributed by atoms with Crippen LogP contribution in [0.1, 0.15) is 39.5 Å². The molecule has 1 N–H and O–H groups in total. The van der Waals surface area contributed by atoms with Gasteiger partial charge in [0.2, 0.25) is 0 Å². The molecule has 0 aliphatic heterocycles. The molecule has 0 aromatic rings. The SMILES string of the molecule is CCCCOP(=O)(OCCCC)C(=O)CO. The zero-order valence-corrected chi connectivity index (χ0v) is 10.9. The molecule has 0 spiro atoms. The molecule has 0 aromatic heterocycles. The lowest BCUT2D eigenvalue weighted by Gasteiger charge is -2.15. The van der Waals surface area contributed by atoms with Crippen molar-refractivity contribution in [3.05, 3.63) is 0 Å². The molecule has 0 unspecified atom stereocenters. The molecule has 0 bridgehead atoms. The molecule has 0 aromatic carbocycles. The summed E-state index contributed by atoms with van der Waals surface area (Å²) in [5, 5.41) is 8.70. The lowest BCUT2D eigenvalue weighted by atomic mass is 10.4. The number of carbonyl (C=O) groups excluding carboxylic acids is 1. The van der Waals surface area contributed by atoms with Gasteiger partial charge >= 0.3 is 7.60 Å². The van der Waals surface area contributed by atoms with Gasteiger partial charge in [-0.15, -0.1) is 0 Å². The maximum atomic E-state index is 11.9. The first-order chi connectivity index (χ1) is 7.60. The van der Waals surface area contributed by atoms with Gasteiger partial charge in [0.1, 0.15) is 6.61 Å². The fraction of sp³-hybridized carbons (Fsp3) is 0.900. The maximum Gasteiger partial charge on any atom is 0.399 e. The highest BCUT2D eigenvalue weighted by molar-refractivity contribution is 7.71. The highest BCUT2D eigenvalue weighted by atomic mass is 31.2. The summed E-state index contributed by atoms with van der Waals surface area (Å²) in [6.07, 6.45) is 3.17. The van der Waals surface area contributed by atoms with Gasteiger partial charge in [0.15, 0.2) is 0 Å². The predicted octanol–water partition coefficient (Wildman–Crippen LogP) is 2.33. The standard InChI is InChI=1S/C10H21O5P/c1-3-5-7-14-16(13,10(12)9-11)15-8-6-4-2/h11H,3-9H2,1-2H3. The van der Waals surface area contributed by atoms with Crippen molar-refractivity contribution >= 4 is 13.1 Å². The number of unbranched alkanes of at least 4 members (excludes halogenated alkanes) is 2. The molecule has 0 saturated carbocycles. The van der Waals surface area contributed by atoms with Crippen LogP contribution in [0, 0.1) is 0 Å². The molecule has 0 fully saturated rings. The van der Waals surface area contributed by atoms with E-state index < -0.39 is 19.7 Å². The molecule has 0 aliphatic carbocycles. The molecular weight excluding hydrogens is 231 g/mol. The van der Waals surface area contributed by atoms with Gasteiger partial charge in [0, 0.05) is 0 Å². The van der Waals surface area contributed by atoms with Crippen molar-refractivity contribution in [2.24, 2.45) is 0 Å². The van der Waals surface area contributed by atoms with E-state index >= 15 is 0 Å². The van der Waals surface area contributed by atoms with Crippen LogP contribution in [-0.4, -0.2) is 30.5 Å². The van der Waals surface area contributed by atoms with Crippen LogP contribution in [0.15, 0.2) is 0 Å². The molecule has 16 heavy (non-hydrogen) atoms. The minimum atomic E-state index is -3.76. The van der Waals surface area contributed by atoms with Crippen molar-refractivity contribution in [1.29, 1.82) is 0 Å². The Balaban J connectivity index is 4.25. The third-order valence-corrected chi connectivity index (χ3v) is 3.76. The van der Waals surface area contributed by atoms with E-state index in [-0.39, 0.29) is 13.2 Å². The van der Waals surface area contributed by atoms with Gasteiger partial charge in [0.25, 0.3) is 5.52 Å². The van der Waals surface area contributed by atoms with Gasteiger partial charge < -0.3 is 14.2 Å². The summed E-state index contributed by atoms with van der Waals surface area (Å²) in [5.41, 5.74) is -0.861. The first-order valence-corrected chi connectivity index (χ1v) is 7.18. The zero-order chi connectivity index (χ0) is 12.4. The third kappa shape index (κ3) is 5.75. The number of hydrogen-bond donors (Lipinski definition) is 1. The Morgan fingerprint density at radius 2 is 1.56 bits per heavy atom. The van der Waals surface area contributed by atoms with Crippen molar-refractivity contribution in [3.8, 4) is 0 Å². The fourth-order valence-corrected chi connectivity index (χ4v) is 2.20. The van der Waals surface area contributed by atoms with Crippen LogP contribution in [0.3, 0.4) is 0 Å². The highest BCUT2D eigenvalue weighted by Gasteiger charge is 2.33. The summed E-state index contributed by atoms with van der Waals surface area (Å²) >= 11 is 0. The molecule has 5 nitrogen and oxygen atoms in total. The Hall–Kier alpha value is -0.220. The maximum absolute atomic E-state index is 11.9. The number of aliphatic hydroxyl groups is 1. The lowest BCUT2D eigenvalue weighted by Crippen LogP contribution is -2.11. The van der Waals surface area contributed by atoms with Crippen LogP contribution < -0.4 is 0 Å². The quantitative estimate of drug-likeness (QED) is 0.477. The van der Waals surface area contributed by atoms with Gasteiger partial charge in [-0.1, -0.05) is 26.7 Å². The minimum absolute atomic E-state index is 0.214. The van der Waals surface area contributed by atoms with Crippen LogP contribution >= 0.6 is 7.60 Å². The Labute approximate surface area is 96.7 Å². The summed E-state index contributed by atoms with van der Waals surface area (Å²) < 4.78 is 21.9. The molecule has 0 saturated heterocycles. The van der Waals surface area contributed by atoms with E-state index in [4.69, 9.17) is 14.2 Å². The molecule has 0 rings (SSSR count).